The summed E-state index contributed by atoms with van der Waals surface area (Å²) >= 11 is 0. The number of aryl methyl sites for hydroxylation is 1. The SMILES string of the molecule is Cc1ccc(NC2(C(=O)O)CCC(C)(C)CC2C)cc1. The van der Waals surface area contributed by atoms with Crippen LogP contribution in [0.1, 0.15) is 45.6 Å². The first kappa shape index (κ1) is 14.9. The third-order valence-corrected chi connectivity index (χ3v) is 4.70. The van der Waals surface area contributed by atoms with Crippen molar-refractivity contribution >= 4 is 11.7 Å². The monoisotopic (exact) mass is 275 g/mol. The highest BCUT2D eigenvalue weighted by atomic mass is 16.4. The molecule has 2 N–H and O–H groups in total. The summed E-state index contributed by atoms with van der Waals surface area (Å²) < 4.78 is 0. The Morgan fingerprint density at radius 3 is 2.35 bits per heavy atom. The van der Waals surface area contributed by atoms with E-state index in [-0.39, 0.29) is 11.3 Å². The first-order chi connectivity index (χ1) is 9.25. The number of carboxylic acid groups (broad SMARTS) is 1. The van der Waals surface area contributed by atoms with Gasteiger partial charge in [0.15, 0.2) is 0 Å². The lowest BCUT2D eigenvalue weighted by Gasteiger charge is -2.46. The molecule has 0 saturated heterocycles. The molecule has 0 heterocycles. The van der Waals surface area contributed by atoms with Crippen LogP contribution in [0.2, 0.25) is 0 Å². The molecule has 0 aliphatic heterocycles. The van der Waals surface area contributed by atoms with E-state index in [1.807, 2.05) is 31.2 Å². The molecule has 2 rings (SSSR count). The van der Waals surface area contributed by atoms with Gasteiger partial charge < -0.3 is 10.4 Å². The lowest BCUT2D eigenvalue weighted by Crippen LogP contribution is -2.55. The van der Waals surface area contributed by atoms with E-state index in [0.717, 1.165) is 18.5 Å². The summed E-state index contributed by atoms with van der Waals surface area (Å²) in [5.74, 6) is -0.633. The first-order valence-corrected chi connectivity index (χ1v) is 7.33. The standard InChI is InChI=1S/C17H25NO2/c1-12-5-7-14(8-6-12)18-17(15(19)20)10-9-16(3,4)11-13(17)2/h5-8,13,18H,9-11H2,1-4H3,(H,19,20). The van der Waals surface area contributed by atoms with Gasteiger partial charge in [0, 0.05) is 5.69 Å². The molecule has 110 valence electrons. The molecule has 1 fully saturated rings. The zero-order valence-electron chi connectivity index (χ0n) is 12.9. The Kier molecular flexibility index (Phi) is 3.81. The third kappa shape index (κ3) is 2.82. The molecule has 1 aliphatic carbocycles. The fraction of sp³-hybridized carbons (Fsp3) is 0.588. The lowest BCUT2D eigenvalue weighted by atomic mass is 9.63. The molecule has 0 bridgehead atoms. The van der Waals surface area contributed by atoms with Gasteiger partial charge in [-0.05, 0) is 49.7 Å². The molecule has 1 saturated carbocycles. The van der Waals surface area contributed by atoms with E-state index in [4.69, 9.17) is 0 Å². The van der Waals surface area contributed by atoms with Crippen molar-refractivity contribution in [1.82, 2.24) is 0 Å². The van der Waals surface area contributed by atoms with Crippen LogP contribution >= 0.6 is 0 Å². The number of benzene rings is 1. The number of nitrogens with one attached hydrogen (secondary N) is 1. The van der Waals surface area contributed by atoms with E-state index >= 15 is 0 Å². The van der Waals surface area contributed by atoms with Gasteiger partial charge in [0.2, 0.25) is 0 Å². The van der Waals surface area contributed by atoms with Crippen molar-refractivity contribution in [3.63, 3.8) is 0 Å². The Bertz CT molecular complexity index is 492. The Balaban J connectivity index is 2.27. The van der Waals surface area contributed by atoms with Gasteiger partial charge >= 0.3 is 5.97 Å². The second-order valence-corrected chi connectivity index (χ2v) is 7.04. The normalized spacial score (nSPS) is 28.9. The Hall–Kier alpha value is -1.51. The van der Waals surface area contributed by atoms with Crippen LogP contribution in [-0.4, -0.2) is 16.6 Å². The van der Waals surface area contributed by atoms with E-state index < -0.39 is 11.5 Å². The van der Waals surface area contributed by atoms with Crippen molar-refractivity contribution in [3.05, 3.63) is 29.8 Å². The van der Waals surface area contributed by atoms with Crippen LogP contribution in [0, 0.1) is 18.3 Å². The molecular formula is C17H25NO2. The quantitative estimate of drug-likeness (QED) is 0.874. The highest BCUT2D eigenvalue weighted by molar-refractivity contribution is 5.83. The zero-order chi connectivity index (χ0) is 15.0. The molecule has 0 amide bonds. The minimum atomic E-state index is -0.842. The summed E-state index contributed by atoms with van der Waals surface area (Å²) in [6.07, 6.45) is 2.53. The third-order valence-electron chi connectivity index (χ3n) is 4.70. The van der Waals surface area contributed by atoms with Crippen molar-refractivity contribution in [1.29, 1.82) is 0 Å². The Morgan fingerprint density at radius 1 is 1.25 bits per heavy atom. The highest BCUT2D eigenvalue weighted by Gasteiger charge is 2.49. The Labute approximate surface area is 121 Å². The predicted octanol–water partition coefficient (Wildman–Crippen LogP) is 4.08. The van der Waals surface area contributed by atoms with Crippen molar-refractivity contribution in [2.45, 2.75) is 52.5 Å². The fourth-order valence-corrected chi connectivity index (χ4v) is 3.34. The topological polar surface area (TPSA) is 49.3 Å². The van der Waals surface area contributed by atoms with E-state index in [1.54, 1.807) is 0 Å². The van der Waals surface area contributed by atoms with Crippen LogP contribution in [0.4, 0.5) is 5.69 Å². The summed E-state index contributed by atoms with van der Waals surface area (Å²) in [6, 6.07) is 7.95. The number of carbonyl (C=O) groups is 1. The maximum absolute atomic E-state index is 11.9. The van der Waals surface area contributed by atoms with Crippen LogP contribution in [0.3, 0.4) is 0 Å². The van der Waals surface area contributed by atoms with Crippen LogP contribution in [0.15, 0.2) is 24.3 Å². The number of rotatable bonds is 3. The molecule has 0 spiro atoms. The summed E-state index contributed by atoms with van der Waals surface area (Å²) in [6.45, 7) is 8.53. The van der Waals surface area contributed by atoms with Gasteiger partial charge in [-0.15, -0.1) is 0 Å². The molecule has 2 unspecified atom stereocenters. The number of anilines is 1. The minimum Gasteiger partial charge on any atom is -0.479 e. The van der Waals surface area contributed by atoms with Crippen LogP contribution in [0.5, 0.6) is 0 Å². The number of aliphatic carboxylic acids is 1. The maximum Gasteiger partial charge on any atom is 0.329 e. The van der Waals surface area contributed by atoms with Gasteiger partial charge in [-0.2, -0.15) is 0 Å². The minimum absolute atomic E-state index is 0.102. The summed E-state index contributed by atoms with van der Waals surface area (Å²) in [5.41, 5.74) is 1.46. The van der Waals surface area contributed by atoms with Crippen molar-refractivity contribution in [2.24, 2.45) is 11.3 Å². The van der Waals surface area contributed by atoms with Crippen molar-refractivity contribution in [2.75, 3.05) is 5.32 Å². The maximum atomic E-state index is 11.9. The molecular weight excluding hydrogens is 250 g/mol. The fourth-order valence-electron chi connectivity index (χ4n) is 3.34. The molecule has 1 aromatic rings. The van der Waals surface area contributed by atoms with Crippen molar-refractivity contribution in [3.8, 4) is 0 Å². The van der Waals surface area contributed by atoms with E-state index in [2.05, 4.69) is 26.1 Å². The van der Waals surface area contributed by atoms with E-state index in [1.165, 1.54) is 5.56 Å². The van der Waals surface area contributed by atoms with Gasteiger partial charge in [-0.1, -0.05) is 38.5 Å². The van der Waals surface area contributed by atoms with Crippen molar-refractivity contribution < 1.29 is 9.90 Å². The second kappa shape index (κ2) is 5.12. The summed E-state index contributed by atoms with van der Waals surface area (Å²) in [4.78, 5) is 11.9. The number of carboxylic acids is 1. The smallest absolute Gasteiger partial charge is 0.329 e. The molecule has 0 radical (unpaired) electrons. The van der Waals surface area contributed by atoms with Gasteiger partial charge in [-0.3, -0.25) is 0 Å². The Morgan fingerprint density at radius 2 is 1.85 bits per heavy atom. The molecule has 2 atom stereocenters. The number of hydrogen-bond acceptors (Lipinski definition) is 2. The van der Waals surface area contributed by atoms with E-state index in [9.17, 15) is 9.90 Å². The van der Waals surface area contributed by atoms with E-state index in [0.29, 0.717) is 6.42 Å². The molecule has 1 aromatic carbocycles. The van der Waals surface area contributed by atoms with Crippen LogP contribution in [-0.2, 0) is 4.79 Å². The molecule has 3 heteroatoms. The van der Waals surface area contributed by atoms with Gasteiger partial charge in [0.05, 0.1) is 0 Å². The predicted molar refractivity (Wildman–Crippen MR) is 82.0 cm³/mol. The number of hydrogen-bond donors (Lipinski definition) is 2. The average molecular weight is 275 g/mol. The van der Waals surface area contributed by atoms with Gasteiger partial charge in [0.1, 0.15) is 5.54 Å². The highest BCUT2D eigenvalue weighted by Crippen LogP contribution is 2.45. The van der Waals surface area contributed by atoms with Crippen LogP contribution in [0.25, 0.3) is 0 Å². The summed E-state index contributed by atoms with van der Waals surface area (Å²) in [5, 5.41) is 13.1. The second-order valence-electron chi connectivity index (χ2n) is 7.04. The van der Waals surface area contributed by atoms with Gasteiger partial charge in [0.25, 0.3) is 0 Å². The summed E-state index contributed by atoms with van der Waals surface area (Å²) in [7, 11) is 0. The first-order valence-electron chi connectivity index (χ1n) is 7.33. The van der Waals surface area contributed by atoms with Crippen LogP contribution < -0.4 is 5.32 Å². The van der Waals surface area contributed by atoms with Gasteiger partial charge in [-0.25, -0.2) is 4.79 Å². The molecule has 20 heavy (non-hydrogen) atoms. The largest absolute Gasteiger partial charge is 0.479 e. The average Bonchev–Trinajstić information content (AvgIpc) is 2.34. The molecule has 1 aliphatic rings. The molecule has 0 aromatic heterocycles. The zero-order valence-corrected chi connectivity index (χ0v) is 12.9. The molecule has 3 nitrogen and oxygen atoms in total. The lowest BCUT2D eigenvalue weighted by molar-refractivity contribution is -0.146.